The van der Waals surface area contributed by atoms with Crippen molar-refractivity contribution in [2.45, 2.75) is 32.3 Å². The number of hydrogen-bond donors (Lipinski definition) is 2. The molecule has 2 N–H and O–H groups in total. The second-order valence-corrected chi connectivity index (χ2v) is 5.82. The molecule has 2 aromatic rings. The molecule has 0 aliphatic carbocycles. The third-order valence-corrected chi connectivity index (χ3v) is 3.88. The Balaban J connectivity index is 1.91. The minimum atomic E-state index is -1.03. The van der Waals surface area contributed by atoms with Crippen molar-refractivity contribution in [2.75, 3.05) is 5.32 Å². The Hall–Kier alpha value is -1.79. The highest BCUT2D eigenvalue weighted by Crippen LogP contribution is 2.22. The molecule has 0 aliphatic rings. The number of amides is 1. The molecule has 1 aromatic heterocycles. The van der Waals surface area contributed by atoms with Gasteiger partial charge in [0.05, 0.1) is 12.5 Å². The molecule has 0 saturated heterocycles. The Bertz CT molecular complexity index is 615. The predicted molar refractivity (Wildman–Crippen MR) is 80.7 cm³/mol. The van der Waals surface area contributed by atoms with Crippen LogP contribution in [-0.2, 0) is 11.2 Å². The number of rotatable bonds is 6. The maximum atomic E-state index is 13.1. The third kappa shape index (κ3) is 4.61. The number of carbonyl (C=O) groups excluding carboxylic acids is 1. The zero-order valence-corrected chi connectivity index (χ0v) is 12.5. The molecule has 0 radical (unpaired) electrons. The van der Waals surface area contributed by atoms with E-state index in [1.54, 1.807) is 12.3 Å². The zero-order valence-electron chi connectivity index (χ0n) is 11.7. The number of aryl methyl sites for hydroxylation is 1. The van der Waals surface area contributed by atoms with E-state index in [2.05, 4.69) is 17.2 Å². The van der Waals surface area contributed by atoms with Crippen molar-refractivity contribution in [3.8, 4) is 0 Å². The maximum absolute atomic E-state index is 13.1. The third-order valence-electron chi connectivity index (χ3n) is 2.91. The van der Waals surface area contributed by atoms with Gasteiger partial charge in [-0.15, -0.1) is 11.3 Å². The van der Waals surface area contributed by atoms with Gasteiger partial charge < -0.3 is 10.4 Å². The number of hydrogen-bond acceptors (Lipinski definition) is 4. The molecule has 1 unspecified atom stereocenters. The summed E-state index contributed by atoms with van der Waals surface area (Å²) >= 11 is 1.43. The Morgan fingerprint density at radius 2 is 2.33 bits per heavy atom. The van der Waals surface area contributed by atoms with Gasteiger partial charge in [0, 0.05) is 11.1 Å². The monoisotopic (exact) mass is 308 g/mol. The fourth-order valence-corrected chi connectivity index (χ4v) is 2.84. The number of halogens is 1. The van der Waals surface area contributed by atoms with Crippen LogP contribution in [0.15, 0.2) is 30.5 Å². The summed E-state index contributed by atoms with van der Waals surface area (Å²) in [5, 5.41) is 13.1. The van der Waals surface area contributed by atoms with E-state index < -0.39 is 11.9 Å². The number of carbonyl (C=O) groups is 1. The Labute approximate surface area is 126 Å². The van der Waals surface area contributed by atoms with E-state index in [9.17, 15) is 14.3 Å². The molecular formula is C15H17FN2O2S. The van der Waals surface area contributed by atoms with Crippen LogP contribution in [0.5, 0.6) is 0 Å². The lowest BCUT2D eigenvalue weighted by Gasteiger charge is -2.10. The molecular weight excluding hydrogens is 291 g/mol. The molecule has 1 amide bonds. The molecule has 0 saturated carbocycles. The largest absolute Gasteiger partial charge is 0.388 e. The van der Waals surface area contributed by atoms with Crippen molar-refractivity contribution in [1.29, 1.82) is 0 Å². The number of aliphatic hydroxyl groups excluding tert-OH is 1. The van der Waals surface area contributed by atoms with E-state index in [0.29, 0.717) is 10.7 Å². The van der Waals surface area contributed by atoms with E-state index in [4.69, 9.17) is 0 Å². The van der Waals surface area contributed by atoms with Crippen molar-refractivity contribution >= 4 is 22.4 Å². The second kappa shape index (κ2) is 7.28. The van der Waals surface area contributed by atoms with Gasteiger partial charge in [-0.2, -0.15) is 0 Å². The molecule has 1 heterocycles. The Morgan fingerprint density at radius 3 is 3.05 bits per heavy atom. The van der Waals surface area contributed by atoms with Gasteiger partial charge in [0.1, 0.15) is 5.82 Å². The van der Waals surface area contributed by atoms with Crippen molar-refractivity contribution < 1.29 is 14.3 Å². The van der Waals surface area contributed by atoms with Crippen LogP contribution in [0.1, 0.15) is 36.3 Å². The predicted octanol–water partition coefficient (Wildman–Crippen LogP) is 3.30. The average Bonchev–Trinajstić information content (AvgIpc) is 2.86. The fourth-order valence-electron chi connectivity index (χ4n) is 1.90. The lowest BCUT2D eigenvalue weighted by Crippen LogP contribution is -2.15. The first-order valence-electron chi connectivity index (χ1n) is 6.76. The zero-order chi connectivity index (χ0) is 15.2. The van der Waals surface area contributed by atoms with Gasteiger partial charge in [-0.25, -0.2) is 9.37 Å². The van der Waals surface area contributed by atoms with Gasteiger partial charge >= 0.3 is 0 Å². The van der Waals surface area contributed by atoms with E-state index in [1.165, 1.54) is 29.5 Å². The molecule has 2 rings (SSSR count). The summed E-state index contributed by atoms with van der Waals surface area (Å²) in [7, 11) is 0. The lowest BCUT2D eigenvalue weighted by atomic mass is 10.1. The quantitative estimate of drug-likeness (QED) is 0.860. The second-order valence-electron chi connectivity index (χ2n) is 4.70. The molecule has 0 spiro atoms. The number of thiazole rings is 1. The summed E-state index contributed by atoms with van der Waals surface area (Å²) in [6, 6.07) is 5.61. The van der Waals surface area contributed by atoms with Crippen LogP contribution in [0.4, 0.5) is 9.52 Å². The Kier molecular flexibility index (Phi) is 5.41. The molecule has 1 atom stereocenters. The normalized spacial score (nSPS) is 12.1. The SMILES string of the molecule is CCCc1cnc(NC(=O)CC(O)c2cccc(F)c2)s1. The number of benzene rings is 1. The number of nitrogens with one attached hydrogen (secondary N) is 1. The molecule has 0 bridgehead atoms. The first-order valence-corrected chi connectivity index (χ1v) is 7.58. The molecule has 112 valence electrons. The Morgan fingerprint density at radius 1 is 1.52 bits per heavy atom. The van der Waals surface area contributed by atoms with E-state index in [1.807, 2.05) is 0 Å². The summed E-state index contributed by atoms with van der Waals surface area (Å²) in [5.74, 6) is -0.778. The van der Waals surface area contributed by atoms with Crippen LogP contribution in [0.3, 0.4) is 0 Å². The van der Waals surface area contributed by atoms with Crippen LogP contribution in [-0.4, -0.2) is 16.0 Å². The molecule has 1 aromatic carbocycles. The van der Waals surface area contributed by atoms with Crippen LogP contribution in [0.25, 0.3) is 0 Å². The van der Waals surface area contributed by atoms with Gasteiger partial charge in [-0.3, -0.25) is 4.79 Å². The van der Waals surface area contributed by atoms with Crippen LogP contribution in [0, 0.1) is 5.82 Å². The number of anilines is 1. The molecule has 4 nitrogen and oxygen atoms in total. The van der Waals surface area contributed by atoms with Gasteiger partial charge in [0.2, 0.25) is 5.91 Å². The standard InChI is InChI=1S/C15H17FN2O2S/c1-2-4-12-9-17-15(21-12)18-14(20)8-13(19)10-5-3-6-11(16)7-10/h3,5-7,9,13,19H,2,4,8H2,1H3,(H,17,18,20). The first-order chi connectivity index (χ1) is 10.1. The molecule has 0 aliphatic heterocycles. The average molecular weight is 308 g/mol. The van der Waals surface area contributed by atoms with E-state index in [0.717, 1.165) is 17.7 Å². The minimum Gasteiger partial charge on any atom is -0.388 e. The highest BCUT2D eigenvalue weighted by molar-refractivity contribution is 7.15. The first kappa shape index (κ1) is 15.6. The van der Waals surface area contributed by atoms with Crippen molar-refractivity contribution in [3.63, 3.8) is 0 Å². The highest BCUT2D eigenvalue weighted by Gasteiger charge is 2.15. The highest BCUT2D eigenvalue weighted by atomic mass is 32.1. The van der Waals surface area contributed by atoms with Crippen molar-refractivity contribution in [2.24, 2.45) is 0 Å². The summed E-state index contributed by atoms with van der Waals surface area (Å²) in [5.41, 5.74) is 0.385. The fraction of sp³-hybridized carbons (Fsp3) is 0.333. The maximum Gasteiger partial charge on any atom is 0.229 e. The minimum absolute atomic E-state index is 0.133. The van der Waals surface area contributed by atoms with Gasteiger partial charge in [0.15, 0.2) is 5.13 Å². The summed E-state index contributed by atoms with van der Waals surface area (Å²) in [6.45, 7) is 2.08. The van der Waals surface area contributed by atoms with Crippen molar-refractivity contribution in [3.05, 3.63) is 46.7 Å². The molecule has 6 heteroatoms. The number of aromatic nitrogens is 1. The smallest absolute Gasteiger partial charge is 0.229 e. The summed E-state index contributed by atoms with van der Waals surface area (Å²) in [4.78, 5) is 17.1. The van der Waals surface area contributed by atoms with Gasteiger partial charge in [0.25, 0.3) is 0 Å². The summed E-state index contributed by atoms with van der Waals surface area (Å²) in [6.07, 6.45) is 2.53. The van der Waals surface area contributed by atoms with Crippen molar-refractivity contribution in [1.82, 2.24) is 4.98 Å². The van der Waals surface area contributed by atoms with Crippen LogP contribution < -0.4 is 5.32 Å². The molecule has 0 fully saturated rings. The summed E-state index contributed by atoms with van der Waals surface area (Å²) < 4.78 is 13.1. The topological polar surface area (TPSA) is 62.2 Å². The molecule has 21 heavy (non-hydrogen) atoms. The number of nitrogens with zero attached hydrogens (tertiary/aromatic N) is 1. The van der Waals surface area contributed by atoms with Crippen LogP contribution >= 0.6 is 11.3 Å². The van der Waals surface area contributed by atoms with Crippen LogP contribution in [0.2, 0.25) is 0 Å². The number of aliphatic hydroxyl groups is 1. The van der Waals surface area contributed by atoms with E-state index in [-0.39, 0.29) is 12.3 Å². The van der Waals surface area contributed by atoms with Gasteiger partial charge in [-0.05, 0) is 24.1 Å². The van der Waals surface area contributed by atoms with Gasteiger partial charge in [-0.1, -0.05) is 25.5 Å². The lowest BCUT2D eigenvalue weighted by molar-refractivity contribution is -0.118. The van der Waals surface area contributed by atoms with E-state index >= 15 is 0 Å².